The summed E-state index contributed by atoms with van der Waals surface area (Å²) in [6.07, 6.45) is 1.26. The number of hydrogen-bond acceptors (Lipinski definition) is 2. The Bertz CT molecular complexity index is 251. The van der Waals surface area contributed by atoms with Crippen LogP contribution in [0.4, 0.5) is 0 Å². The molecule has 0 aromatic rings. The molecule has 0 heterocycles. The Labute approximate surface area is 89.2 Å². The maximum Gasteiger partial charge on any atom is 0.211 e. The molecule has 0 saturated carbocycles. The molecule has 0 radical (unpaired) electrons. The van der Waals surface area contributed by atoms with E-state index in [1.165, 1.54) is 0 Å². The van der Waals surface area contributed by atoms with E-state index in [9.17, 15) is 8.42 Å². The lowest BCUT2D eigenvalue weighted by Gasteiger charge is -2.04. The van der Waals surface area contributed by atoms with E-state index in [1.807, 2.05) is 0 Å². The summed E-state index contributed by atoms with van der Waals surface area (Å²) >= 11 is 10.8. The second-order valence-corrected chi connectivity index (χ2v) is 5.39. The van der Waals surface area contributed by atoms with Gasteiger partial charge in [0.15, 0.2) is 0 Å². The Hall–Kier alpha value is 0.230. The van der Waals surface area contributed by atoms with Gasteiger partial charge in [0, 0.05) is 17.5 Å². The van der Waals surface area contributed by atoms with Crippen LogP contribution in [-0.2, 0) is 10.0 Å². The molecule has 0 aliphatic rings. The average Bonchev–Trinajstić information content (AvgIpc) is 2.02. The van der Waals surface area contributed by atoms with Crippen molar-refractivity contribution in [1.82, 2.24) is 4.72 Å². The van der Waals surface area contributed by atoms with E-state index >= 15 is 0 Å². The molecule has 0 unspecified atom stereocenters. The van der Waals surface area contributed by atoms with Crippen molar-refractivity contribution in [2.24, 2.45) is 0 Å². The molecule has 6 heteroatoms. The minimum Gasteiger partial charge on any atom is -0.212 e. The van der Waals surface area contributed by atoms with Crippen molar-refractivity contribution < 1.29 is 8.42 Å². The SMILES string of the molecule is C=C(Cl)CNS(=O)(=O)CCCCCl. The molecule has 0 amide bonds. The van der Waals surface area contributed by atoms with Gasteiger partial charge in [0.25, 0.3) is 0 Å². The normalized spacial score (nSPS) is 11.5. The van der Waals surface area contributed by atoms with Crippen LogP contribution >= 0.6 is 23.2 Å². The number of nitrogens with one attached hydrogen (secondary N) is 1. The van der Waals surface area contributed by atoms with Crippen LogP contribution in [0.25, 0.3) is 0 Å². The highest BCUT2D eigenvalue weighted by Crippen LogP contribution is 1.98. The lowest BCUT2D eigenvalue weighted by Crippen LogP contribution is -2.27. The van der Waals surface area contributed by atoms with Gasteiger partial charge in [0.1, 0.15) is 0 Å². The summed E-state index contributed by atoms with van der Waals surface area (Å²) in [4.78, 5) is 0. The third-order valence-corrected chi connectivity index (χ3v) is 3.09. The van der Waals surface area contributed by atoms with Gasteiger partial charge in [0.05, 0.1) is 5.75 Å². The van der Waals surface area contributed by atoms with Crippen LogP contribution in [0.15, 0.2) is 11.6 Å². The van der Waals surface area contributed by atoms with Crippen LogP contribution in [0.5, 0.6) is 0 Å². The Morgan fingerprint density at radius 2 is 2.00 bits per heavy atom. The monoisotopic (exact) mass is 245 g/mol. The van der Waals surface area contributed by atoms with Gasteiger partial charge in [-0.2, -0.15) is 0 Å². The smallest absolute Gasteiger partial charge is 0.211 e. The van der Waals surface area contributed by atoms with Crippen molar-refractivity contribution in [3.8, 4) is 0 Å². The van der Waals surface area contributed by atoms with E-state index in [1.54, 1.807) is 0 Å². The number of sulfonamides is 1. The van der Waals surface area contributed by atoms with Crippen molar-refractivity contribution in [3.63, 3.8) is 0 Å². The highest BCUT2D eigenvalue weighted by atomic mass is 35.5. The van der Waals surface area contributed by atoms with Crippen LogP contribution in [-0.4, -0.2) is 26.6 Å². The first-order valence-electron chi connectivity index (χ1n) is 3.84. The van der Waals surface area contributed by atoms with Crippen LogP contribution in [0.1, 0.15) is 12.8 Å². The minimum atomic E-state index is -3.20. The standard InChI is InChI=1S/C7H13Cl2NO2S/c1-7(9)6-10-13(11,12)5-3-2-4-8/h10H,1-6H2. The largest absolute Gasteiger partial charge is 0.212 e. The first kappa shape index (κ1) is 13.2. The van der Waals surface area contributed by atoms with E-state index < -0.39 is 10.0 Å². The van der Waals surface area contributed by atoms with Crippen molar-refractivity contribution >= 4 is 33.2 Å². The van der Waals surface area contributed by atoms with Crippen molar-refractivity contribution in [3.05, 3.63) is 11.6 Å². The van der Waals surface area contributed by atoms with Crippen molar-refractivity contribution in [1.29, 1.82) is 0 Å². The summed E-state index contributed by atoms with van der Waals surface area (Å²) in [6, 6.07) is 0. The summed E-state index contributed by atoms with van der Waals surface area (Å²) in [7, 11) is -3.20. The second kappa shape index (κ2) is 6.65. The fraction of sp³-hybridized carbons (Fsp3) is 0.714. The molecule has 0 fully saturated rings. The van der Waals surface area contributed by atoms with E-state index in [0.29, 0.717) is 18.7 Å². The molecule has 0 aliphatic carbocycles. The van der Waals surface area contributed by atoms with E-state index in [-0.39, 0.29) is 17.3 Å². The zero-order valence-electron chi connectivity index (χ0n) is 7.22. The van der Waals surface area contributed by atoms with Gasteiger partial charge in [-0.25, -0.2) is 13.1 Å². The van der Waals surface area contributed by atoms with E-state index in [4.69, 9.17) is 23.2 Å². The number of alkyl halides is 1. The number of rotatable bonds is 7. The molecule has 13 heavy (non-hydrogen) atoms. The summed E-state index contributed by atoms with van der Waals surface area (Å²) in [5.41, 5.74) is 0. The molecular formula is C7H13Cl2NO2S. The first-order valence-corrected chi connectivity index (χ1v) is 6.41. The molecule has 0 atom stereocenters. The van der Waals surface area contributed by atoms with Gasteiger partial charge in [-0.05, 0) is 12.8 Å². The highest BCUT2D eigenvalue weighted by Gasteiger charge is 2.08. The Morgan fingerprint density at radius 1 is 1.38 bits per heavy atom. The predicted molar refractivity (Wildman–Crippen MR) is 56.7 cm³/mol. The fourth-order valence-electron chi connectivity index (χ4n) is 0.647. The molecule has 0 bridgehead atoms. The Balaban J connectivity index is 3.74. The highest BCUT2D eigenvalue weighted by molar-refractivity contribution is 7.89. The van der Waals surface area contributed by atoms with Gasteiger partial charge in [-0.1, -0.05) is 18.2 Å². The number of unbranched alkanes of at least 4 members (excludes halogenated alkanes) is 1. The quantitative estimate of drug-likeness (QED) is 0.548. The molecule has 0 saturated heterocycles. The summed E-state index contributed by atoms with van der Waals surface area (Å²) in [5.74, 6) is 0.571. The van der Waals surface area contributed by atoms with Gasteiger partial charge in [-0.3, -0.25) is 0 Å². The second-order valence-electron chi connectivity index (χ2n) is 2.55. The van der Waals surface area contributed by atoms with Crippen molar-refractivity contribution in [2.45, 2.75) is 12.8 Å². The lowest BCUT2D eigenvalue weighted by atomic mass is 10.4. The Kier molecular flexibility index (Phi) is 6.77. The molecule has 1 N–H and O–H groups in total. The fourth-order valence-corrected chi connectivity index (χ4v) is 2.10. The minimum absolute atomic E-state index is 0.0872. The van der Waals surface area contributed by atoms with E-state index in [0.717, 1.165) is 0 Å². The van der Waals surface area contributed by atoms with Crippen molar-refractivity contribution in [2.75, 3.05) is 18.2 Å². The maximum atomic E-state index is 11.2. The topological polar surface area (TPSA) is 46.2 Å². The number of halogens is 2. The van der Waals surface area contributed by atoms with E-state index in [2.05, 4.69) is 11.3 Å². The van der Waals surface area contributed by atoms with Gasteiger partial charge in [0.2, 0.25) is 10.0 Å². The first-order chi connectivity index (χ1) is 5.98. The molecular weight excluding hydrogens is 233 g/mol. The van der Waals surface area contributed by atoms with Crippen LogP contribution in [0.3, 0.4) is 0 Å². The molecule has 0 spiro atoms. The number of hydrogen-bond donors (Lipinski definition) is 1. The molecule has 78 valence electrons. The summed E-state index contributed by atoms with van der Waals surface area (Å²) in [6.45, 7) is 3.46. The average molecular weight is 246 g/mol. The van der Waals surface area contributed by atoms with Gasteiger partial charge in [-0.15, -0.1) is 11.6 Å². The molecule has 3 nitrogen and oxygen atoms in total. The molecule has 0 aromatic heterocycles. The summed E-state index contributed by atoms with van der Waals surface area (Å²) in [5, 5.41) is 0.279. The third kappa shape index (κ3) is 8.56. The van der Waals surface area contributed by atoms with Gasteiger partial charge >= 0.3 is 0 Å². The zero-order valence-corrected chi connectivity index (χ0v) is 9.55. The lowest BCUT2D eigenvalue weighted by molar-refractivity contribution is 0.582. The molecule has 0 aliphatic heterocycles. The molecule has 0 rings (SSSR count). The summed E-state index contributed by atoms with van der Waals surface area (Å²) < 4.78 is 24.6. The van der Waals surface area contributed by atoms with Crippen LogP contribution in [0.2, 0.25) is 0 Å². The van der Waals surface area contributed by atoms with Crippen LogP contribution in [0, 0.1) is 0 Å². The Morgan fingerprint density at radius 3 is 2.46 bits per heavy atom. The van der Waals surface area contributed by atoms with Gasteiger partial charge < -0.3 is 0 Å². The predicted octanol–water partition coefficient (Wildman–Crippen LogP) is 1.68. The maximum absolute atomic E-state index is 11.2. The molecule has 0 aromatic carbocycles. The zero-order chi connectivity index (χ0) is 10.3. The van der Waals surface area contributed by atoms with Crippen LogP contribution < -0.4 is 4.72 Å². The third-order valence-electron chi connectivity index (χ3n) is 1.28.